The van der Waals surface area contributed by atoms with Crippen LogP contribution in [0, 0.1) is 10.1 Å². The molecule has 0 amide bonds. The summed E-state index contributed by atoms with van der Waals surface area (Å²) >= 11 is 0. The number of hydrogen-bond donors (Lipinski definition) is 2. The van der Waals surface area contributed by atoms with Crippen molar-refractivity contribution in [1.29, 1.82) is 0 Å². The number of non-ortho nitro benzene ring substituents is 1. The maximum atomic E-state index is 12.7. The smallest absolute Gasteiger partial charge is 0.462 e. The lowest BCUT2D eigenvalue weighted by molar-refractivity contribution is -0.870. The molecule has 1 unspecified atom stereocenters. The van der Waals surface area contributed by atoms with Crippen LogP contribution >= 0.6 is 7.82 Å². The first-order chi connectivity index (χ1) is 24.3. The Bertz CT molecular complexity index is 1370. The predicted molar refractivity (Wildman–Crippen MR) is 192 cm³/mol. The van der Waals surface area contributed by atoms with Gasteiger partial charge in [-0.15, -0.1) is 0 Å². The zero-order chi connectivity index (χ0) is 37.5. The summed E-state index contributed by atoms with van der Waals surface area (Å²) in [7, 11) is 1.30. The van der Waals surface area contributed by atoms with Crippen molar-refractivity contribution in [3.8, 4) is 0 Å². The molecule has 0 bridgehead atoms. The molecule has 1 heterocycles. The Labute approximate surface area is 301 Å². The summed E-state index contributed by atoms with van der Waals surface area (Å²) < 4.78 is 38.6. The SMILES string of the molecule is CCCCCCCCCCCCCC(=O)OC[C@H](COP(=O)(O)OCC[N+](C)(C)C)OC(=O)CCCCCNc1ccc([N+](=O)[O-])c2nonc12. The molecule has 0 radical (unpaired) electrons. The first-order valence-electron chi connectivity index (χ1n) is 18.2. The number of fused-ring (bicyclic) bond motifs is 1. The number of aromatic nitrogens is 2. The Hall–Kier alpha value is -3.17. The standard InChI is InChI=1S/C34H58N5O11P/c1-5-6-7-8-9-10-11-12-13-14-16-19-31(40)46-26-28(27-48-51(44,45)47-25-24-39(2,3)4)49-32(41)20-17-15-18-23-35-29-21-22-30(38(42)43)34-33(29)36-50-37-34/h21-22,28H,5-20,23-27H2,1-4H3,(H-,35,37,44,45)/p+1/t28-/m1/s1. The summed E-state index contributed by atoms with van der Waals surface area (Å²) in [5, 5.41) is 21.7. The molecule has 1 aromatic carbocycles. The topological polar surface area (TPSA) is 202 Å². The first kappa shape index (κ1) is 44.0. The quantitative estimate of drug-likeness (QED) is 0.0205. The molecule has 2 N–H and O–H groups in total. The van der Waals surface area contributed by atoms with Gasteiger partial charge >= 0.3 is 25.4 Å². The van der Waals surface area contributed by atoms with Crippen LogP contribution in [-0.2, 0) is 32.7 Å². The van der Waals surface area contributed by atoms with Gasteiger partial charge in [0.15, 0.2) is 11.6 Å². The molecular formula is C34H59N5O11P+. The van der Waals surface area contributed by atoms with Gasteiger partial charge in [0.05, 0.1) is 38.4 Å². The number of quaternary nitrogens is 1. The van der Waals surface area contributed by atoms with Gasteiger partial charge in [-0.1, -0.05) is 77.6 Å². The van der Waals surface area contributed by atoms with E-state index in [9.17, 15) is 29.2 Å². The molecule has 17 heteroatoms. The van der Waals surface area contributed by atoms with Gasteiger partial charge in [0.1, 0.15) is 19.8 Å². The average molecular weight is 745 g/mol. The highest BCUT2D eigenvalue weighted by atomic mass is 31.2. The van der Waals surface area contributed by atoms with Gasteiger partial charge < -0.3 is 24.2 Å². The van der Waals surface area contributed by atoms with Crippen LogP contribution < -0.4 is 5.32 Å². The fourth-order valence-corrected chi connectivity index (χ4v) is 5.88. The lowest BCUT2D eigenvalue weighted by Gasteiger charge is -2.24. The van der Waals surface area contributed by atoms with Gasteiger partial charge in [-0.2, -0.15) is 0 Å². The summed E-state index contributed by atoms with van der Waals surface area (Å²) in [6, 6.07) is 2.86. The largest absolute Gasteiger partial charge is 0.472 e. The molecule has 2 aromatic rings. The monoisotopic (exact) mass is 744 g/mol. The number of rotatable bonds is 30. The number of nitrogens with one attached hydrogen (secondary N) is 1. The minimum atomic E-state index is -4.44. The van der Waals surface area contributed by atoms with Crippen LogP contribution in [0.3, 0.4) is 0 Å². The number of benzene rings is 1. The number of carbonyl (C=O) groups excluding carboxylic acids is 2. The lowest BCUT2D eigenvalue weighted by atomic mass is 10.1. The number of phosphoric ester groups is 1. The van der Waals surface area contributed by atoms with Crippen LogP contribution in [-0.4, -0.2) is 96.7 Å². The van der Waals surface area contributed by atoms with E-state index >= 15 is 0 Å². The molecule has 0 fully saturated rings. The maximum Gasteiger partial charge on any atom is 0.472 e. The predicted octanol–water partition coefficient (Wildman–Crippen LogP) is 7.10. The molecule has 0 saturated carbocycles. The molecule has 0 aliphatic heterocycles. The highest BCUT2D eigenvalue weighted by molar-refractivity contribution is 7.47. The van der Waals surface area contributed by atoms with E-state index in [2.05, 4.69) is 27.2 Å². The fraction of sp³-hybridized carbons (Fsp3) is 0.765. The van der Waals surface area contributed by atoms with Crippen molar-refractivity contribution < 1.29 is 51.6 Å². The number of nitrogens with zero attached hydrogens (tertiary/aromatic N) is 4. The van der Waals surface area contributed by atoms with Crippen LogP contribution in [0.25, 0.3) is 11.0 Å². The van der Waals surface area contributed by atoms with Crippen molar-refractivity contribution in [3.05, 3.63) is 22.2 Å². The van der Waals surface area contributed by atoms with Crippen molar-refractivity contribution in [3.63, 3.8) is 0 Å². The molecule has 0 aliphatic carbocycles. The van der Waals surface area contributed by atoms with E-state index in [-0.39, 0.29) is 42.8 Å². The van der Waals surface area contributed by atoms with Crippen molar-refractivity contribution >= 4 is 42.2 Å². The Morgan fingerprint density at radius 2 is 1.47 bits per heavy atom. The molecule has 0 saturated heterocycles. The molecular weight excluding hydrogens is 685 g/mol. The van der Waals surface area contributed by atoms with E-state index in [0.29, 0.717) is 48.9 Å². The maximum absolute atomic E-state index is 12.7. The average Bonchev–Trinajstić information content (AvgIpc) is 3.56. The van der Waals surface area contributed by atoms with Gasteiger partial charge in [-0.05, 0) is 35.6 Å². The van der Waals surface area contributed by atoms with Crippen molar-refractivity contribution in [2.45, 2.75) is 116 Å². The highest BCUT2D eigenvalue weighted by Gasteiger charge is 2.27. The summed E-state index contributed by atoms with van der Waals surface area (Å²) in [5.41, 5.74) is 0.651. The third-order valence-electron chi connectivity index (χ3n) is 8.12. The third-order valence-corrected chi connectivity index (χ3v) is 9.10. The van der Waals surface area contributed by atoms with Gasteiger partial charge in [0.2, 0.25) is 5.52 Å². The molecule has 51 heavy (non-hydrogen) atoms. The Morgan fingerprint density at radius 3 is 2.10 bits per heavy atom. The number of phosphoric acid groups is 1. The van der Waals surface area contributed by atoms with Gasteiger partial charge in [0.25, 0.3) is 0 Å². The summed E-state index contributed by atoms with van der Waals surface area (Å²) in [5.74, 6) is -1.00. The molecule has 290 valence electrons. The summed E-state index contributed by atoms with van der Waals surface area (Å²) in [6.07, 6.45) is 13.8. The number of ether oxygens (including phenoxy) is 2. The zero-order valence-corrected chi connectivity index (χ0v) is 31.7. The molecule has 16 nitrogen and oxygen atoms in total. The van der Waals surface area contributed by atoms with E-state index in [1.165, 1.54) is 57.1 Å². The Kier molecular flexibility index (Phi) is 20.8. The Morgan fingerprint density at radius 1 is 0.882 bits per heavy atom. The number of hydrogen-bond acceptors (Lipinski definition) is 13. The minimum absolute atomic E-state index is 0.0188. The molecule has 0 spiro atoms. The number of likely N-dealkylation sites (N-methyl/N-ethyl adjacent to an activating group) is 1. The second kappa shape index (κ2) is 24.1. The number of carbonyl (C=O) groups is 2. The highest BCUT2D eigenvalue weighted by Crippen LogP contribution is 2.43. The van der Waals surface area contributed by atoms with Gasteiger partial charge in [-0.3, -0.25) is 28.8 Å². The van der Waals surface area contributed by atoms with Crippen molar-refractivity contribution in [1.82, 2.24) is 10.3 Å². The van der Waals surface area contributed by atoms with Crippen LogP contribution in [0.15, 0.2) is 16.8 Å². The second-order valence-corrected chi connectivity index (χ2v) is 15.2. The summed E-state index contributed by atoms with van der Waals surface area (Å²) in [6.45, 7) is 2.37. The first-order valence-corrected chi connectivity index (χ1v) is 19.7. The van der Waals surface area contributed by atoms with Crippen LogP contribution in [0.5, 0.6) is 0 Å². The van der Waals surface area contributed by atoms with Crippen molar-refractivity contribution in [2.75, 3.05) is 59.4 Å². The van der Waals surface area contributed by atoms with E-state index in [1.54, 1.807) is 0 Å². The normalized spacial score (nSPS) is 13.5. The summed E-state index contributed by atoms with van der Waals surface area (Å²) in [4.78, 5) is 45.9. The molecule has 1 aromatic heterocycles. The number of nitro groups is 1. The molecule has 0 aliphatic rings. The molecule has 2 rings (SSSR count). The minimum Gasteiger partial charge on any atom is -0.462 e. The lowest BCUT2D eigenvalue weighted by Crippen LogP contribution is -2.37. The van der Waals surface area contributed by atoms with E-state index in [0.717, 1.165) is 19.3 Å². The van der Waals surface area contributed by atoms with Crippen molar-refractivity contribution in [2.24, 2.45) is 0 Å². The number of anilines is 1. The Balaban J connectivity index is 1.74. The molecule has 2 atom stereocenters. The number of unbranched alkanes of at least 4 members (excludes halogenated alkanes) is 12. The van der Waals surface area contributed by atoms with Gasteiger partial charge in [0, 0.05) is 25.5 Å². The number of nitro benzene ring substituents is 1. The van der Waals surface area contributed by atoms with Crippen LogP contribution in [0.1, 0.15) is 110 Å². The third kappa shape index (κ3) is 19.9. The second-order valence-electron chi connectivity index (χ2n) is 13.8. The van der Waals surface area contributed by atoms with Crippen LogP contribution in [0.2, 0.25) is 0 Å². The van der Waals surface area contributed by atoms with E-state index in [4.69, 9.17) is 18.5 Å². The van der Waals surface area contributed by atoms with E-state index < -0.39 is 37.4 Å². The van der Waals surface area contributed by atoms with Gasteiger partial charge in [-0.25, -0.2) is 9.19 Å². The zero-order valence-electron chi connectivity index (χ0n) is 30.8. The van der Waals surface area contributed by atoms with E-state index in [1.807, 2.05) is 21.1 Å². The fourth-order valence-electron chi connectivity index (χ4n) is 5.13. The number of esters is 2. The van der Waals surface area contributed by atoms with Crippen LogP contribution in [0.4, 0.5) is 11.4 Å².